The molecule has 0 bridgehead atoms. The van der Waals surface area contributed by atoms with Crippen LogP contribution in [0.5, 0.6) is 0 Å². The number of likely N-dealkylation sites (tertiary alicyclic amines) is 1. The van der Waals surface area contributed by atoms with Gasteiger partial charge in [0, 0.05) is 37.1 Å². The van der Waals surface area contributed by atoms with Gasteiger partial charge in [0.25, 0.3) is 5.91 Å². The first-order chi connectivity index (χ1) is 14.6. The first-order valence-electron chi connectivity index (χ1n) is 9.47. The van der Waals surface area contributed by atoms with Crippen molar-refractivity contribution in [1.82, 2.24) is 15.0 Å². The van der Waals surface area contributed by atoms with Crippen molar-refractivity contribution in [2.45, 2.75) is 38.7 Å². The third-order valence-electron chi connectivity index (χ3n) is 5.26. The Balaban J connectivity index is 0.000000339. The number of fused-ring (bicyclic) bond motifs is 1. The molecule has 12 heteroatoms. The summed E-state index contributed by atoms with van der Waals surface area (Å²) in [5.41, 5.74) is 2.87. The molecule has 1 N–H and O–H groups in total. The van der Waals surface area contributed by atoms with Gasteiger partial charge >= 0.3 is 12.1 Å². The van der Waals surface area contributed by atoms with Crippen LogP contribution in [0.25, 0.3) is 0 Å². The third-order valence-corrected chi connectivity index (χ3v) is 5.94. The molecule has 8 nitrogen and oxygen atoms in total. The van der Waals surface area contributed by atoms with Gasteiger partial charge in [-0.25, -0.2) is 4.79 Å². The molecule has 0 unspecified atom stereocenters. The Labute approximate surface area is 180 Å². The molecule has 2 fully saturated rings. The molecule has 0 radical (unpaired) electrons. The lowest BCUT2D eigenvalue weighted by molar-refractivity contribution is -0.192. The number of alkyl halides is 3. The zero-order chi connectivity index (χ0) is 22.8. The van der Waals surface area contributed by atoms with Gasteiger partial charge in [0.1, 0.15) is 5.76 Å². The van der Waals surface area contributed by atoms with E-state index in [1.165, 1.54) is 0 Å². The number of halogens is 3. The molecule has 2 saturated heterocycles. The monoisotopic (exact) mass is 461 g/mol. The molecule has 1 amide bonds. The Morgan fingerprint density at radius 3 is 2.58 bits per heavy atom. The molecule has 4 heterocycles. The molecule has 0 aliphatic carbocycles. The van der Waals surface area contributed by atoms with E-state index in [2.05, 4.69) is 10.1 Å². The first kappa shape index (κ1) is 23.2. The number of thiophene rings is 1. The Morgan fingerprint density at radius 1 is 1.32 bits per heavy atom. The summed E-state index contributed by atoms with van der Waals surface area (Å²) < 4.78 is 43.0. The van der Waals surface area contributed by atoms with Crippen molar-refractivity contribution in [3.63, 3.8) is 0 Å². The number of hydrogen-bond donors (Lipinski definition) is 1. The second-order valence-corrected chi connectivity index (χ2v) is 8.05. The maximum Gasteiger partial charge on any atom is 0.490 e. The molecule has 170 valence electrons. The van der Waals surface area contributed by atoms with Crippen LogP contribution in [0.15, 0.2) is 21.3 Å². The first-order valence-corrected chi connectivity index (χ1v) is 10.4. The molecule has 0 spiro atoms. The fourth-order valence-electron chi connectivity index (χ4n) is 3.62. The van der Waals surface area contributed by atoms with Gasteiger partial charge in [-0.15, -0.1) is 0 Å². The summed E-state index contributed by atoms with van der Waals surface area (Å²) in [7, 11) is 0. The summed E-state index contributed by atoms with van der Waals surface area (Å²) >= 11 is 1.55. The Hall–Kier alpha value is -2.44. The van der Waals surface area contributed by atoms with E-state index in [1.807, 2.05) is 35.6 Å². The van der Waals surface area contributed by atoms with Crippen molar-refractivity contribution in [3.8, 4) is 0 Å². The maximum atomic E-state index is 12.6. The molecule has 0 saturated carbocycles. The van der Waals surface area contributed by atoms with E-state index in [-0.39, 0.29) is 18.1 Å². The smallest absolute Gasteiger partial charge is 0.475 e. The predicted molar refractivity (Wildman–Crippen MR) is 104 cm³/mol. The minimum Gasteiger partial charge on any atom is -0.475 e. The standard InChI is InChI=1S/C17H21N3O3S.C2HF3O2/c1-11-14(12(2)23-18-11)7-19-4-5-22-16-9-20(8-15(16)19)17(21)13-3-6-24-10-13;3-2(4,5)1(6)7/h3,6,10,15-16H,4-5,7-9H2,1-2H3;(H,6,7)/t15-,16+;/m1./s1. The Kier molecular flexibility index (Phi) is 7.02. The highest BCUT2D eigenvalue weighted by atomic mass is 32.1. The van der Waals surface area contributed by atoms with Gasteiger partial charge in [0.15, 0.2) is 0 Å². The lowest BCUT2D eigenvalue weighted by atomic mass is 10.1. The second kappa shape index (κ2) is 9.37. The number of aromatic nitrogens is 1. The number of ether oxygens (including phenoxy) is 1. The molecule has 2 aromatic rings. The number of carboxylic acid groups (broad SMARTS) is 1. The van der Waals surface area contributed by atoms with Gasteiger partial charge in [-0.2, -0.15) is 24.5 Å². The zero-order valence-electron chi connectivity index (χ0n) is 16.9. The molecule has 2 atom stereocenters. The van der Waals surface area contributed by atoms with Crippen LogP contribution in [-0.4, -0.2) is 76.5 Å². The molecule has 0 aromatic carbocycles. The molecule has 31 heavy (non-hydrogen) atoms. The number of rotatable bonds is 3. The normalized spacial score (nSPS) is 21.4. The lowest BCUT2D eigenvalue weighted by Crippen LogP contribution is -2.50. The van der Waals surface area contributed by atoms with Crippen molar-refractivity contribution in [2.75, 3.05) is 26.2 Å². The van der Waals surface area contributed by atoms with E-state index >= 15 is 0 Å². The fourth-order valence-corrected chi connectivity index (χ4v) is 4.25. The molecule has 2 aliphatic heterocycles. The highest BCUT2D eigenvalue weighted by molar-refractivity contribution is 7.08. The number of carbonyl (C=O) groups excluding carboxylic acids is 1. The third kappa shape index (κ3) is 5.43. The number of aryl methyl sites for hydroxylation is 2. The number of carboxylic acids is 1. The topological polar surface area (TPSA) is 96.1 Å². The lowest BCUT2D eigenvalue weighted by Gasteiger charge is -2.36. The minimum atomic E-state index is -5.08. The molecule has 2 aliphatic rings. The minimum absolute atomic E-state index is 0.0850. The van der Waals surface area contributed by atoms with Crippen LogP contribution in [0, 0.1) is 13.8 Å². The van der Waals surface area contributed by atoms with Crippen molar-refractivity contribution in [1.29, 1.82) is 0 Å². The Morgan fingerprint density at radius 2 is 2.03 bits per heavy atom. The SMILES string of the molecule is Cc1noc(C)c1CN1CCO[C@H]2CN(C(=O)c3ccsc3)C[C@H]21.O=C(O)C(F)(F)F. The van der Waals surface area contributed by atoms with E-state index in [1.54, 1.807) is 11.3 Å². The van der Waals surface area contributed by atoms with E-state index in [0.29, 0.717) is 19.7 Å². The highest BCUT2D eigenvalue weighted by Gasteiger charge is 2.42. The van der Waals surface area contributed by atoms with Gasteiger partial charge in [-0.3, -0.25) is 9.69 Å². The average Bonchev–Trinajstić information content (AvgIpc) is 3.44. The van der Waals surface area contributed by atoms with Crippen molar-refractivity contribution in [3.05, 3.63) is 39.4 Å². The van der Waals surface area contributed by atoms with E-state index in [0.717, 1.165) is 35.7 Å². The zero-order valence-corrected chi connectivity index (χ0v) is 17.7. The largest absolute Gasteiger partial charge is 0.490 e. The van der Waals surface area contributed by atoms with Gasteiger partial charge in [0.2, 0.25) is 0 Å². The van der Waals surface area contributed by atoms with Gasteiger partial charge in [-0.1, -0.05) is 5.16 Å². The number of carbonyl (C=O) groups is 2. The molecule has 4 rings (SSSR count). The second-order valence-electron chi connectivity index (χ2n) is 7.27. The average molecular weight is 461 g/mol. The summed E-state index contributed by atoms with van der Waals surface area (Å²) in [6.07, 6.45) is -5.00. The van der Waals surface area contributed by atoms with Crippen molar-refractivity contribution < 1.29 is 37.1 Å². The summed E-state index contributed by atoms with van der Waals surface area (Å²) in [5.74, 6) is -1.78. The van der Waals surface area contributed by atoms with Crippen LogP contribution < -0.4 is 0 Å². The number of amides is 1. The number of hydrogen-bond acceptors (Lipinski definition) is 7. The number of aliphatic carboxylic acids is 1. The van der Waals surface area contributed by atoms with E-state index in [4.69, 9.17) is 19.2 Å². The van der Waals surface area contributed by atoms with Crippen LogP contribution in [0.3, 0.4) is 0 Å². The van der Waals surface area contributed by atoms with Gasteiger partial charge in [-0.05, 0) is 25.3 Å². The Bertz CT molecular complexity index is 896. The van der Waals surface area contributed by atoms with Gasteiger partial charge < -0.3 is 19.3 Å². The van der Waals surface area contributed by atoms with Crippen LogP contribution in [0.2, 0.25) is 0 Å². The summed E-state index contributed by atoms with van der Waals surface area (Å²) in [6, 6.07) is 2.12. The predicted octanol–water partition coefficient (Wildman–Crippen LogP) is 2.71. The number of morpholine rings is 1. The maximum absolute atomic E-state index is 12.6. The summed E-state index contributed by atoms with van der Waals surface area (Å²) in [6.45, 7) is 7.67. The fraction of sp³-hybridized carbons (Fsp3) is 0.526. The van der Waals surface area contributed by atoms with Gasteiger partial charge in [0.05, 0.1) is 30.0 Å². The van der Waals surface area contributed by atoms with Crippen molar-refractivity contribution in [2.24, 2.45) is 0 Å². The quantitative estimate of drug-likeness (QED) is 0.751. The van der Waals surface area contributed by atoms with E-state index < -0.39 is 12.1 Å². The summed E-state index contributed by atoms with van der Waals surface area (Å²) in [5, 5.41) is 15.0. The van der Waals surface area contributed by atoms with Crippen LogP contribution in [-0.2, 0) is 16.1 Å². The number of nitrogens with zero attached hydrogens (tertiary/aromatic N) is 3. The van der Waals surface area contributed by atoms with E-state index in [9.17, 15) is 18.0 Å². The molecular weight excluding hydrogens is 439 g/mol. The highest BCUT2D eigenvalue weighted by Crippen LogP contribution is 2.27. The van der Waals surface area contributed by atoms with Crippen LogP contribution in [0.4, 0.5) is 13.2 Å². The molecule has 2 aromatic heterocycles. The summed E-state index contributed by atoms with van der Waals surface area (Å²) in [4.78, 5) is 25.8. The molecular formula is C19H22F3N3O5S. The van der Waals surface area contributed by atoms with Crippen LogP contribution >= 0.6 is 11.3 Å². The van der Waals surface area contributed by atoms with Crippen LogP contribution in [0.1, 0.15) is 27.4 Å². The van der Waals surface area contributed by atoms with Crippen molar-refractivity contribution >= 4 is 23.2 Å².